The number of benzene rings is 2. The summed E-state index contributed by atoms with van der Waals surface area (Å²) in [6.07, 6.45) is 2.21. The molecule has 0 aliphatic carbocycles. The molecule has 146 valence electrons. The van der Waals surface area contributed by atoms with E-state index in [2.05, 4.69) is 36.3 Å². The molecule has 3 aromatic rings. The van der Waals surface area contributed by atoms with Gasteiger partial charge in [0.15, 0.2) is 11.7 Å². The molecule has 0 saturated carbocycles. The van der Waals surface area contributed by atoms with E-state index in [-0.39, 0.29) is 22.4 Å². The SMILES string of the molecule is CC(C)c1ccc(-c2cnc(CCC(=O)Nc3c(Cl)cc(Cl)cc3Cl)o2)cc1. The number of carbonyl (C=O) groups excluding carboxylic acids is 1. The number of hydrogen-bond acceptors (Lipinski definition) is 3. The van der Waals surface area contributed by atoms with E-state index >= 15 is 0 Å². The largest absolute Gasteiger partial charge is 0.441 e. The maximum Gasteiger partial charge on any atom is 0.224 e. The van der Waals surface area contributed by atoms with Crippen LogP contribution in [0.4, 0.5) is 5.69 Å². The lowest BCUT2D eigenvalue weighted by atomic mass is 10.0. The second kappa shape index (κ2) is 8.99. The van der Waals surface area contributed by atoms with E-state index in [9.17, 15) is 4.79 Å². The summed E-state index contributed by atoms with van der Waals surface area (Å²) in [4.78, 5) is 16.5. The van der Waals surface area contributed by atoms with Gasteiger partial charge in [0, 0.05) is 23.4 Å². The van der Waals surface area contributed by atoms with Gasteiger partial charge >= 0.3 is 0 Å². The zero-order valence-corrected chi connectivity index (χ0v) is 17.7. The molecule has 0 aliphatic rings. The molecule has 0 unspecified atom stereocenters. The molecule has 1 amide bonds. The summed E-state index contributed by atoms with van der Waals surface area (Å²) in [6.45, 7) is 4.30. The molecule has 0 atom stereocenters. The van der Waals surface area contributed by atoms with Gasteiger partial charge < -0.3 is 9.73 Å². The Labute approximate surface area is 178 Å². The molecule has 1 heterocycles. The topological polar surface area (TPSA) is 55.1 Å². The molecule has 0 spiro atoms. The minimum Gasteiger partial charge on any atom is -0.441 e. The number of nitrogens with zero attached hydrogens (tertiary/aromatic N) is 1. The molecule has 1 aromatic heterocycles. The number of aromatic nitrogens is 1. The molecule has 0 radical (unpaired) electrons. The van der Waals surface area contributed by atoms with Crippen LogP contribution in [0.25, 0.3) is 11.3 Å². The smallest absolute Gasteiger partial charge is 0.224 e. The highest BCUT2D eigenvalue weighted by Gasteiger charge is 2.13. The molecule has 0 aliphatic heterocycles. The summed E-state index contributed by atoms with van der Waals surface area (Å²) in [7, 11) is 0. The van der Waals surface area contributed by atoms with Gasteiger partial charge in [-0.05, 0) is 23.6 Å². The third-order valence-electron chi connectivity index (χ3n) is 4.25. The number of nitrogens with one attached hydrogen (secondary N) is 1. The standard InChI is InChI=1S/C21H19Cl3N2O2/c1-12(2)13-3-5-14(6-4-13)18-11-25-20(28-18)8-7-19(27)26-21-16(23)9-15(22)10-17(21)24/h3-6,9-12H,7-8H2,1-2H3,(H,26,27). The quantitative estimate of drug-likeness (QED) is 0.452. The fourth-order valence-electron chi connectivity index (χ4n) is 2.68. The van der Waals surface area contributed by atoms with Crippen molar-refractivity contribution in [3.8, 4) is 11.3 Å². The fraction of sp³-hybridized carbons (Fsp3) is 0.238. The summed E-state index contributed by atoms with van der Waals surface area (Å²) in [6, 6.07) is 11.2. The molecule has 3 rings (SSSR count). The first-order valence-electron chi connectivity index (χ1n) is 8.83. The minimum absolute atomic E-state index is 0.182. The first-order chi connectivity index (χ1) is 13.3. The van der Waals surface area contributed by atoms with E-state index in [1.165, 1.54) is 17.7 Å². The summed E-state index contributed by atoms with van der Waals surface area (Å²) < 4.78 is 5.77. The molecule has 7 heteroatoms. The molecule has 28 heavy (non-hydrogen) atoms. The van der Waals surface area contributed by atoms with Gasteiger partial charge in [-0.15, -0.1) is 0 Å². The average Bonchev–Trinajstić information content (AvgIpc) is 3.12. The van der Waals surface area contributed by atoms with E-state index in [1.54, 1.807) is 6.20 Å². The van der Waals surface area contributed by atoms with Gasteiger partial charge in [0.2, 0.25) is 5.91 Å². The average molecular weight is 438 g/mol. The van der Waals surface area contributed by atoms with Crippen LogP contribution < -0.4 is 5.32 Å². The second-order valence-electron chi connectivity index (χ2n) is 6.69. The van der Waals surface area contributed by atoms with Gasteiger partial charge in [-0.1, -0.05) is 72.9 Å². The monoisotopic (exact) mass is 436 g/mol. The number of carbonyl (C=O) groups is 1. The summed E-state index contributed by atoms with van der Waals surface area (Å²) in [5.74, 6) is 1.40. The molecule has 0 fully saturated rings. The Morgan fingerprint density at radius 1 is 1.11 bits per heavy atom. The lowest BCUT2D eigenvalue weighted by Gasteiger charge is -2.09. The number of hydrogen-bond donors (Lipinski definition) is 1. The Kier molecular flexibility index (Phi) is 6.65. The molecule has 4 nitrogen and oxygen atoms in total. The van der Waals surface area contributed by atoms with Crippen molar-refractivity contribution in [2.75, 3.05) is 5.32 Å². The van der Waals surface area contributed by atoms with Crippen LogP contribution in [0.1, 0.15) is 37.6 Å². The zero-order chi connectivity index (χ0) is 20.3. The maximum atomic E-state index is 12.2. The van der Waals surface area contributed by atoms with Gasteiger partial charge in [-0.3, -0.25) is 4.79 Å². The van der Waals surface area contributed by atoms with Crippen molar-refractivity contribution in [3.63, 3.8) is 0 Å². The van der Waals surface area contributed by atoms with Crippen molar-refractivity contribution in [3.05, 3.63) is 69.1 Å². The van der Waals surface area contributed by atoms with Crippen LogP contribution in [-0.4, -0.2) is 10.9 Å². The van der Waals surface area contributed by atoms with Crippen molar-refractivity contribution in [1.82, 2.24) is 4.98 Å². The minimum atomic E-state index is -0.243. The predicted octanol–water partition coefficient (Wildman–Crippen LogP) is 7.00. The van der Waals surface area contributed by atoms with Crippen molar-refractivity contribution < 1.29 is 9.21 Å². The summed E-state index contributed by atoms with van der Waals surface area (Å²) in [5.41, 5.74) is 2.56. The highest BCUT2D eigenvalue weighted by molar-refractivity contribution is 6.42. The van der Waals surface area contributed by atoms with Gasteiger partial charge in [-0.25, -0.2) is 4.98 Å². The Balaban J connectivity index is 1.60. The third-order valence-corrected chi connectivity index (χ3v) is 5.07. The second-order valence-corrected chi connectivity index (χ2v) is 7.94. The number of aryl methyl sites for hydroxylation is 1. The van der Waals surface area contributed by atoms with Gasteiger partial charge in [-0.2, -0.15) is 0 Å². The highest BCUT2D eigenvalue weighted by Crippen LogP contribution is 2.33. The van der Waals surface area contributed by atoms with E-state index in [0.717, 1.165) is 5.56 Å². The Morgan fingerprint density at radius 3 is 2.36 bits per heavy atom. The van der Waals surface area contributed by atoms with Crippen LogP contribution in [0, 0.1) is 0 Å². The number of anilines is 1. The van der Waals surface area contributed by atoms with Crippen LogP contribution in [0.15, 0.2) is 47.0 Å². The Bertz CT molecular complexity index is 959. The van der Waals surface area contributed by atoms with E-state index in [0.29, 0.717) is 34.7 Å². The van der Waals surface area contributed by atoms with Crippen LogP contribution in [0.3, 0.4) is 0 Å². The Morgan fingerprint density at radius 2 is 1.75 bits per heavy atom. The van der Waals surface area contributed by atoms with Gasteiger partial charge in [0.1, 0.15) is 0 Å². The van der Waals surface area contributed by atoms with Crippen LogP contribution in [-0.2, 0) is 11.2 Å². The van der Waals surface area contributed by atoms with Crippen molar-refractivity contribution in [2.24, 2.45) is 0 Å². The molecular formula is C21H19Cl3N2O2. The lowest BCUT2D eigenvalue weighted by Crippen LogP contribution is -2.13. The first-order valence-corrected chi connectivity index (χ1v) is 9.96. The van der Waals surface area contributed by atoms with E-state index < -0.39 is 0 Å². The van der Waals surface area contributed by atoms with Crippen molar-refractivity contribution in [2.45, 2.75) is 32.6 Å². The summed E-state index contributed by atoms with van der Waals surface area (Å²) >= 11 is 18.0. The van der Waals surface area contributed by atoms with Crippen LogP contribution >= 0.6 is 34.8 Å². The predicted molar refractivity (Wildman–Crippen MR) is 114 cm³/mol. The molecule has 0 saturated heterocycles. The number of amides is 1. The maximum absolute atomic E-state index is 12.2. The number of rotatable bonds is 6. The Hall–Kier alpha value is -2.01. The van der Waals surface area contributed by atoms with E-state index in [1.807, 2.05) is 12.1 Å². The zero-order valence-electron chi connectivity index (χ0n) is 15.4. The molecular weight excluding hydrogens is 419 g/mol. The van der Waals surface area contributed by atoms with Gasteiger partial charge in [0.05, 0.1) is 21.9 Å². The highest BCUT2D eigenvalue weighted by atomic mass is 35.5. The van der Waals surface area contributed by atoms with Gasteiger partial charge in [0.25, 0.3) is 0 Å². The van der Waals surface area contributed by atoms with Crippen LogP contribution in [0.2, 0.25) is 15.1 Å². The molecule has 1 N–H and O–H groups in total. The molecule has 0 bridgehead atoms. The third kappa shape index (κ3) is 5.07. The first kappa shape index (κ1) is 20.7. The fourth-order valence-corrected chi connectivity index (χ4v) is 3.59. The number of oxazole rings is 1. The van der Waals surface area contributed by atoms with Crippen molar-refractivity contribution in [1.29, 1.82) is 0 Å². The number of halogens is 3. The lowest BCUT2D eigenvalue weighted by molar-refractivity contribution is -0.116. The van der Waals surface area contributed by atoms with Crippen LogP contribution in [0.5, 0.6) is 0 Å². The van der Waals surface area contributed by atoms with E-state index in [4.69, 9.17) is 39.2 Å². The van der Waals surface area contributed by atoms with Crippen molar-refractivity contribution >= 4 is 46.4 Å². The normalized spacial score (nSPS) is 11.1. The molecule has 2 aromatic carbocycles. The summed E-state index contributed by atoms with van der Waals surface area (Å²) in [5, 5.41) is 3.68.